The number of rotatable bonds is 3. The standard InChI is InChI=1S/C11H14ClN3O/c1-2-10-14-11(12)8-4-3-7(6-15(8)10)9(16)5-13/h3-4,6,9,16H,2,5,13H2,1H3. The Bertz CT molecular complexity index is 509. The van der Waals surface area contributed by atoms with Gasteiger partial charge in [0, 0.05) is 19.2 Å². The molecule has 5 heteroatoms. The highest BCUT2D eigenvalue weighted by Crippen LogP contribution is 2.21. The van der Waals surface area contributed by atoms with Gasteiger partial charge in [-0.15, -0.1) is 0 Å². The van der Waals surface area contributed by atoms with E-state index in [4.69, 9.17) is 17.3 Å². The van der Waals surface area contributed by atoms with Crippen molar-refractivity contribution < 1.29 is 5.11 Å². The summed E-state index contributed by atoms with van der Waals surface area (Å²) in [6.07, 6.45) is 1.98. The molecule has 86 valence electrons. The smallest absolute Gasteiger partial charge is 0.155 e. The first-order valence-corrected chi connectivity index (χ1v) is 5.59. The normalized spacial score (nSPS) is 13.2. The first kappa shape index (κ1) is 11.4. The molecule has 0 aliphatic rings. The van der Waals surface area contributed by atoms with Crippen molar-refractivity contribution in [3.63, 3.8) is 0 Å². The lowest BCUT2D eigenvalue weighted by Gasteiger charge is -2.09. The van der Waals surface area contributed by atoms with Crippen LogP contribution in [0.25, 0.3) is 5.52 Å². The van der Waals surface area contributed by atoms with Crippen LogP contribution < -0.4 is 5.73 Å². The van der Waals surface area contributed by atoms with E-state index in [2.05, 4.69) is 4.98 Å². The third-order valence-electron chi connectivity index (χ3n) is 2.61. The number of aromatic nitrogens is 2. The van der Waals surface area contributed by atoms with Gasteiger partial charge < -0.3 is 15.2 Å². The second-order valence-corrected chi connectivity index (χ2v) is 4.00. The van der Waals surface area contributed by atoms with E-state index < -0.39 is 6.10 Å². The average molecular weight is 240 g/mol. The summed E-state index contributed by atoms with van der Waals surface area (Å²) in [6, 6.07) is 3.67. The molecule has 0 fully saturated rings. The summed E-state index contributed by atoms with van der Waals surface area (Å²) in [5, 5.41) is 10.2. The molecule has 0 saturated heterocycles. The molecule has 0 bridgehead atoms. The van der Waals surface area contributed by atoms with Crippen LogP contribution in [0, 0.1) is 0 Å². The fourth-order valence-corrected chi connectivity index (χ4v) is 1.96. The monoisotopic (exact) mass is 239 g/mol. The molecule has 0 aromatic carbocycles. The summed E-state index contributed by atoms with van der Waals surface area (Å²) in [4.78, 5) is 4.25. The third-order valence-corrected chi connectivity index (χ3v) is 2.89. The molecule has 0 aliphatic carbocycles. The summed E-state index contributed by atoms with van der Waals surface area (Å²) in [6.45, 7) is 2.21. The van der Waals surface area contributed by atoms with E-state index >= 15 is 0 Å². The van der Waals surface area contributed by atoms with E-state index in [9.17, 15) is 5.11 Å². The van der Waals surface area contributed by atoms with Gasteiger partial charge in [0.05, 0.1) is 11.6 Å². The molecule has 0 radical (unpaired) electrons. The molecule has 0 saturated carbocycles. The maximum atomic E-state index is 9.67. The van der Waals surface area contributed by atoms with Gasteiger partial charge in [0.15, 0.2) is 5.15 Å². The Labute approximate surface area is 98.7 Å². The van der Waals surface area contributed by atoms with Crippen LogP contribution in [0.15, 0.2) is 18.3 Å². The molecule has 2 aromatic heterocycles. The summed E-state index contributed by atoms with van der Waals surface area (Å²) in [7, 11) is 0. The zero-order valence-electron chi connectivity index (χ0n) is 9.02. The highest BCUT2D eigenvalue weighted by molar-refractivity contribution is 6.32. The number of nitrogens with two attached hydrogens (primary N) is 1. The van der Waals surface area contributed by atoms with Crippen molar-refractivity contribution in [3.8, 4) is 0 Å². The topological polar surface area (TPSA) is 63.5 Å². The molecular weight excluding hydrogens is 226 g/mol. The van der Waals surface area contributed by atoms with E-state index in [0.29, 0.717) is 5.15 Å². The van der Waals surface area contributed by atoms with Gasteiger partial charge in [-0.2, -0.15) is 0 Å². The van der Waals surface area contributed by atoms with Crippen molar-refractivity contribution >= 4 is 17.1 Å². The molecule has 2 rings (SSSR count). The van der Waals surface area contributed by atoms with Gasteiger partial charge in [0.2, 0.25) is 0 Å². The zero-order valence-corrected chi connectivity index (χ0v) is 9.78. The summed E-state index contributed by atoms with van der Waals surface area (Å²) >= 11 is 6.00. The Kier molecular flexibility index (Phi) is 3.14. The molecule has 0 spiro atoms. The predicted molar refractivity (Wildman–Crippen MR) is 63.6 cm³/mol. The molecule has 0 aliphatic heterocycles. The van der Waals surface area contributed by atoms with Crippen LogP contribution >= 0.6 is 11.6 Å². The average Bonchev–Trinajstić information content (AvgIpc) is 2.64. The second kappa shape index (κ2) is 4.41. The van der Waals surface area contributed by atoms with Crippen LogP contribution in [0.5, 0.6) is 0 Å². The van der Waals surface area contributed by atoms with Crippen molar-refractivity contribution in [1.82, 2.24) is 9.38 Å². The summed E-state index contributed by atoms with van der Waals surface area (Å²) in [5.74, 6) is 0.881. The number of aryl methyl sites for hydroxylation is 1. The fourth-order valence-electron chi connectivity index (χ4n) is 1.71. The van der Waals surface area contributed by atoms with E-state index in [1.807, 2.05) is 29.7 Å². The minimum atomic E-state index is -0.643. The molecule has 16 heavy (non-hydrogen) atoms. The maximum absolute atomic E-state index is 9.67. The van der Waals surface area contributed by atoms with Gasteiger partial charge in [0.1, 0.15) is 5.82 Å². The lowest BCUT2D eigenvalue weighted by molar-refractivity contribution is 0.186. The number of pyridine rings is 1. The van der Waals surface area contributed by atoms with Crippen molar-refractivity contribution in [2.24, 2.45) is 5.73 Å². The molecule has 0 amide bonds. The predicted octanol–water partition coefficient (Wildman–Crippen LogP) is 1.54. The first-order valence-electron chi connectivity index (χ1n) is 5.21. The molecule has 3 N–H and O–H groups in total. The van der Waals surface area contributed by atoms with Crippen LogP contribution in [-0.4, -0.2) is 21.0 Å². The highest BCUT2D eigenvalue weighted by Gasteiger charge is 2.11. The van der Waals surface area contributed by atoms with E-state index in [-0.39, 0.29) is 6.54 Å². The molecular formula is C11H14ClN3O. The van der Waals surface area contributed by atoms with Crippen LogP contribution in [0.2, 0.25) is 5.15 Å². The molecule has 4 nitrogen and oxygen atoms in total. The fraction of sp³-hybridized carbons (Fsp3) is 0.364. The van der Waals surface area contributed by atoms with Crippen LogP contribution in [0.1, 0.15) is 24.4 Å². The van der Waals surface area contributed by atoms with E-state index in [1.54, 1.807) is 0 Å². The second-order valence-electron chi connectivity index (χ2n) is 3.64. The quantitative estimate of drug-likeness (QED) is 0.854. The molecule has 1 atom stereocenters. The molecule has 1 unspecified atom stereocenters. The number of hydrogen-bond donors (Lipinski definition) is 2. The van der Waals surface area contributed by atoms with Crippen molar-refractivity contribution in [3.05, 3.63) is 34.9 Å². The lowest BCUT2D eigenvalue weighted by atomic mass is 10.1. The molecule has 2 aromatic rings. The Morgan fingerprint density at radius 3 is 2.94 bits per heavy atom. The SMILES string of the molecule is CCc1nc(Cl)c2ccc(C(O)CN)cn12. The lowest BCUT2D eigenvalue weighted by Crippen LogP contribution is -2.12. The highest BCUT2D eigenvalue weighted by atomic mass is 35.5. The van der Waals surface area contributed by atoms with Crippen molar-refractivity contribution in [2.45, 2.75) is 19.4 Å². The Hall–Kier alpha value is -1.10. The maximum Gasteiger partial charge on any atom is 0.155 e. The van der Waals surface area contributed by atoms with Gasteiger partial charge in [0.25, 0.3) is 0 Å². The Morgan fingerprint density at radius 2 is 2.31 bits per heavy atom. The van der Waals surface area contributed by atoms with E-state index in [0.717, 1.165) is 23.3 Å². The number of hydrogen-bond acceptors (Lipinski definition) is 3. The zero-order chi connectivity index (χ0) is 11.7. The number of halogens is 1. The number of aliphatic hydroxyl groups is 1. The van der Waals surface area contributed by atoms with Crippen LogP contribution in [0.3, 0.4) is 0 Å². The largest absolute Gasteiger partial charge is 0.387 e. The van der Waals surface area contributed by atoms with Crippen molar-refractivity contribution in [2.75, 3.05) is 6.54 Å². The third kappa shape index (κ3) is 1.80. The summed E-state index contributed by atoms with van der Waals surface area (Å²) < 4.78 is 1.90. The summed E-state index contributed by atoms with van der Waals surface area (Å²) in [5.41, 5.74) is 7.05. The number of imidazole rings is 1. The van der Waals surface area contributed by atoms with Gasteiger partial charge in [-0.25, -0.2) is 4.98 Å². The van der Waals surface area contributed by atoms with Gasteiger partial charge in [-0.05, 0) is 11.6 Å². The Balaban J connectivity index is 2.59. The van der Waals surface area contributed by atoms with Crippen LogP contribution in [-0.2, 0) is 6.42 Å². The van der Waals surface area contributed by atoms with Gasteiger partial charge in [-0.3, -0.25) is 0 Å². The minimum Gasteiger partial charge on any atom is -0.387 e. The van der Waals surface area contributed by atoms with Gasteiger partial charge >= 0.3 is 0 Å². The number of nitrogens with zero attached hydrogens (tertiary/aromatic N) is 2. The Morgan fingerprint density at radius 1 is 1.56 bits per heavy atom. The number of fused-ring (bicyclic) bond motifs is 1. The molecule has 2 heterocycles. The van der Waals surface area contributed by atoms with Gasteiger partial charge in [-0.1, -0.05) is 24.6 Å². The van der Waals surface area contributed by atoms with E-state index in [1.165, 1.54) is 0 Å². The number of aliphatic hydroxyl groups excluding tert-OH is 1. The van der Waals surface area contributed by atoms with Crippen molar-refractivity contribution in [1.29, 1.82) is 0 Å². The minimum absolute atomic E-state index is 0.204. The first-order chi connectivity index (χ1) is 7.67. The van der Waals surface area contributed by atoms with Crippen LogP contribution in [0.4, 0.5) is 0 Å².